The van der Waals surface area contributed by atoms with Crippen molar-refractivity contribution in [2.75, 3.05) is 19.7 Å². The number of ether oxygens (including phenoxy) is 2. The standard InChI is InChI=1S/C13H23NO5/c1-3-5-6-10(4-2)7-14(12(15)16)8-11-9-18-13(17)19-11/h10-11H,3-9H2,1-2H3,(H,15,16). The summed E-state index contributed by atoms with van der Waals surface area (Å²) in [5, 5.41) is 9.21. The van der Waals surface area contributed by atoms with Gasteiger partial charge in [0.25, 0.3) is 0 Å². The van der Waals surface area contributed by atoms with Gasteiger partial charge < -0.3 is 19.5 Å². The zero-order valence-corrected chi connectivity index (χ0v) is 11.6. The second-order valence-corrected chi connectivity index (χ2v) is 4.90. The maximum atomic E-state index is 11.2. The predicted molar refractivity (Wildman–Crippen MR) is 69.1 cm³/mol. The van der Waals surface area contributed by atoms with E-state index >= 15 is 0 Å². The molecule has 6 heteroatoms. The van der Waals surface area contributed by atoms with Crippen molar-refractivity contribution in [3.8, 4) is 0 Å². The Hall–Kier alpha value is -1.46. The highest BCUT2D eigenvalue weighted by atomic mass is 16.8. The SMILES string of the molecule is CCCCC(CC)CN(CC1COC(=O)O1)C(=O)O. The molecule has 0 bridgehead atoms. The second kappa shape index (κ2) is 7.86. The number of carboxylic acid groups (broad SMARTS) is 1. The summed E-state index contributed by atoms with van der Waals surface area (Å²) in [5.41, 5.74) is 0. The van der Waals surface area contributed by atoms with Crippen LogP contribution in [0, 0.1) is 5.92 Å². The van der Waals surface area contributed by atoms with Gasteiger partial charge in [-0.2, -0.15) is 0 Å². The monoisotopic (exact) mass is 273 g/mol. The van der Waals surface area contributed by atoms with Gasteiger partial charge in [-0.05, 0) is 12.3 Å². The molecule has 1 aliphatic rings. The third kappa shape index (κ3) is 5.36. The van der Waals surface area contributed by atoms with Crippen LogP contribution in [0.5, 0.6) is 0 Å². The fourth-order valence-corrected chi connectivity index (χ4v) is 2.16. The molecular weight excluding hydrogens is 250 g/mol. The van der Waals surface area contributed by atoms with Gasteiger partial charge in [0.1, 0.15) is 6.61 Å². The van der Waals surface area contributed by atoms with Crippen molar-refractivity contribution >= 4 is 12.2 Å². The fraction of sp³-hybridized carbons (Fsp3) is 0.846. The summed E-state index contributed by atoms with van der Waals surface area (Å²) in [7, 11) is 0. The molecule has 0 saturated carbocycles. The number of hydrogen-bond donors (Lipinski definition) is 1. The van der Waals surface area contributed by atoms with Gasteiger partial charge in [-0.3, -0.25) is 0 Å². The highest BCUT2D eigenvalue weighted by molar-refractivity contribution is 5.65. The lowest BCUT2D eigenvalue weighted by Gasteiger charge is -2.25. The van der Waals surface area contributed by atoms with E-state index in [1.807, 2.05) is 0 Å². The van der Waals surface area contributed by atoms with E-state index in [2.05, 4.69) is 18.6 Å². The molecule has 110 valence electrons. The van der Waals surface area contributed by atoms with Gasteiger partial charge >= 0.3 is 12.2 Å². The summed E-state index contributed by atoms with van der Waals surface area (Å²) < 4.78 is 9.53. The Labute approximate surface area is 113 Å². The van der Waals surface area contributed by atoms with Gasteiger partial charge in [-0.25, -0.2) is 9.59 Å². The summed E-state index contributed by atoms with van der Waals surface area (Å²) >= 11 is 0. The van der Waals surface area contributed by atoms with Crippen LogP contribution in [0.4, 0.5) is 9.59 Å². The minimum atomic E-state index is -0.974. The minimum Gasteiger partial charge on any atom is -0.465 e. The van der Waals surface area contributed by atoms with E-state index < -0.39 is 18.4 Å². The Morgan fingerprint density at radius 1 is 1.53 bits per heavy atom. The molecule has 0 aromatic rings. The first-order valence-electron chi connectivity index (χ1n) is 6.88. The molecule has 2 unspecified atom stereocenters. The number of cyclic esters (lactones) is 2. The molecule has 1 fully saturated rings. The molecule has 0 aromatic heterocycles. The van der Waals surface area contributed by atoms with Gasteiger partial charge in [-0.15, -0.1) is 0 Å². The molecule has 0 spiro atoms. The Morgan fingerprint density at radius 3 is 2.74 bits per heavy atom. The van der Waals surface area contributed by atoms with E-state index in [1.54, 1.807) is 0 Å². The summed E-state index contributed by atoms with van der Waals surface area (Å²) in [6.07, 6.45) is 2.02. The van der Waals surface area contributed by atoms with Crippen LogP contribution in [0.1, 0.15) is 39.5 Å². The van der Waals surface area contributed by atoms with Crippen molar-refractivity contribution in [2.45, 2.75) is 45.6 Å². The molecule has 2 atom stereocenters. The van der Waals surface area contributed by atoms with Gasteiger partial charge in [-0.1, -0.05) is 33.1 Å². The third-order valence-electron chi connectivity index (χ3n) is 3.37. The first kappa shape index (κ1) is 15.6. The highest BCUT2D eigenvalue weighted by Crippen LogP contribution is 2.16. The van der Waals surface area contributed by atoms with Crippen molar-refractivity contribution in [2.24, 2.45) is 5.92 Å². The molecule has 1 heterocycles. The lowest BCUT2D eigenvalue weighted by Crippen LogP contribution is -2.40. The van der Waals surface area contributed by atoms with Crippen LogP contribution >= 0.6 is 0 Å². The molecule has 1 rings (SSSR count). The Kier molecular flexibility index (Phi) is 6.45. The first-order chi connectivity index (χ1) is 9.06. The number of unbranched alkanes of at least 4 members (excludes halogenated alkanes) is 1. The number of carbonyl (C=O) groups is 2. The smallest absolute Gasteiger partial charge is 0.465 e. The van der Waals surface area contributed by atoms with E-state index in [1.165, 1.54) is 4.90 Å². The maximum Gasteiger partial charge on any atom is 0.508 e. The molecule has 0 radical (unpaired) electrons. The van der Waals surface area contributed by atoms with Gasteiger partial charge in [0, 0.05) is 6.54 Å². The summed E-state index contributed by atoms with van der Waals surface area (Å²) in [5.74, 6) is 0.356. The van der Waals surface area contributed by atoms with Crippen molar-refractivity contribution in [1.29, 1.82) is 0 Å². The van der Waals surface area contributed by atoms with E-state index in [-0.39, 0.29) is 13.2 Å². The topological polar surface area (TPSA) is 76.1 Å². The quantitative estimate of drug-likeness (QED) is 0.688. The minimum absolute atomic E-state index is 0.133. The Bertz CT molecular complexity index is 307. The van der Waals surface area contributed by atoms with Crippen LogP contribution in [0.25, 0.3) is 0 Å². The Morgan fingerprint density at radius 2 is 2.26 bits per heavy atom. The van der Waals surface area contributed by atoms with Crippen molar-refractivity contribution in [3.05, 3.63) is 0 Å². The molecule has 0 aromatic carbocycles. The largest absolute Gasteiger partial charge is 0.508 e. The van der Waals surface area contributed by atoms with E-state index in [0.29, 0.717) is 12.5 Å². The van der Waals surface area contributed by atoms with Crippen LogP contribution < -0.4 is 0 Å². The first-order valence-corrected chi connectivity index (χ1v) is 6.88. The molecule has 6 nitrogen and oxygen atoms in total. The normalized spacial score (nSPS) is 19.7. The van der Waals surface area contributed by atoms with Crippen LogP contribution in [-0.2, 0) is 9.47 Å². The molecule has 1 aliphatic heterocycles. The highest BCUT2D eigenvalue weighted by Gasteiger charge is 2.29. The summed E-state index contributed by atoms with van der Waals surface area (Å²) in [4.78, 5) is 23.4. The van der Waals surface area contributed by atoms with E-state index in [0.717, 1.165) is 25.7 Å². The average molecular weight is 273 g/mol. The number of hydrogen-bond acceptors (Lipinski definition) is 4. The molecular formula is C13H23NO5. The molecule has 19 heavy (non-hydrogen) atoms. The molecule has 1 amide bonds. The van der Waals surface area contributed by atoms with Gasteiger partial charge in [0.05, 0.1) is 6.54 Å². The van der Waals surface area contributed by atoms with Crippen molar-refractivity contribution in [3.63, 3.8) is 0 Å². The van der Waals surface area contributed by atoms with Gasteiger partial charge in [0.2, 0.25) is 0 Å². The Balaban J connectivity index is 2.46. The summed E-state index contributed by atoms with van der Waals surface area (Å²) in [6.45, 7) is 4.99. The lowest BCUT2D eigenvalue weighted by atomic mass is 9.99. The van der Waals surface area contributed by atoms with Crippen LogP contribution in [0.15, 0.2) is 0 Å². The average Bonchev–Trinajstić information content (AvgIpc) is 2.78. The number of nitrogens with zero attached hydrogens (tertiary/aromatic N) is 1. The zero-order chi connectivity index (χ0) is 14.3. The van der Waals surface area contributed by atoms with Crippen molar-refractivity contribution in [1.82, 2.24) is 4.90 Å². The fourth-order valence-electron chi connectivity index (χ4n) is 2.16. The van der Waals surface area contributed by atoms with Crippen LogP contribution in [0.2, 0.25) is 0 Å². The lowest BCUT2D eigenvalue weighted by molar-refractivity contribution is 0.0870. The molecule has 0 aliphatic carbocycles. The molecule has 1 N–H and O–H groups in total. The molecule has 1 saturated heterocycles. The number of amides is 1. The van der Waals surface area contributed by atoms with Crippen LogP contribution in [-0.4, -0.2) is 48.1 Å². The number of rotatable bonds is 8. The van der Waals surface area contributed by atoms with E-state index in [4.69, 9.17) is 4.74 Å². The van der Waals surface area contributed by atoms with Crippen molar-refractivity contribution < 1.29 is 24.2 Å². The number of carbonyl (C=O) groups excluding carboxylic acids is 1. The van der Waals surface area contributed by atoms with Gasteiger partial charge in [0.15, 0.2) is 6.10 Å². The second-order valence-electron chi connectivity index (χ2n) is 4.90. The van der Waals surface area contributed by atoms with E-state index in [9.17, 15) is 14.7 Å². The summed E-state index contributed by atoms with van der Waals surface area (Å²) in [6, 6.07) is 0. The zero-order valence-electron chi connectivity index (χ0n) is 11.6. The van der Waals surface area contributed by atoms with Crippen LogP contribution in [0.3, 0.4) is 0 Å². The maximum absolute atomic E-state index is 11.2. The third-order valence-corrected chi connectivity index (χ3v) is 3.37. The predicted octanol–water partition coefficient (Wildman–Crippen LogP) is 2.72.